The van der Waals surface area contributed by atoms with Gasteiger partial charge in [-0.15, -0.1) is 11.3 Å². The number of nitrogens with zero attached hydrogens (tertiary/aromatic N) is 6. The fraction of sp³-hybridized carbons (Fsp3) is 0.261. The summed E-state index contributed by atoms with van der Waals surface area (Å²) in [5.41, 5.74) is 3.31. The van der Waals surface area contributed by atoms with E-state index in [1.54, 1.807) is 30.2 Å². The van der Waals surface area contributed by atoms with Crippen molar-refractivity contribution < 1.29 is 0 Å². The van der Waals surface area contributed by atoms with Crippen LogP contribution in [0.4, 0.5) is 17.3 Å². The van der Waals surface area contributed by atoms with Gasteiger partial charge < -0.3 is 10.2 Å². The van der Waals surface area contributed by atoms with E-state index in [4.69, 9.17) is 0 Å². The molecule has 1 aliphatic heterocycles. The molecule has 0 radical (unpaired) electrons. The lowest BCUT2D eigenvalue weighted by Crippen LogP contribution is -2.18. The Morgan fingerprint density at radius 2 is 2.03 bits per heavy atom. The van der Waals surface area contributed by atoms with E-state index in [1.165, 1.54) is 16.1 Å². The number of aromatic nitrogens is 6. The molecule has 32 heavy (non-hydrogen) atoms. The van der Waals surface area contributed by atoms with Gasteiger partial charge >= 0.3 is 0 Å². The second kappa shape index (κ2) is 7.83. The fourth-order valence-corrected chi connectivity index (χ4v) is 5.43. The molecular weight excluding hydrogens is 420 g/mol. The summed E-state index contributed by atoms with van der Waals surface area (Å²) < 4.78 is 0. The smallest absolute Gasteiger partial charge is 0.160 e. The highest BCUT2D eigenvalue weighted by molar-refractivity contribution is 7.18. The van der Waals surface area contributed by atoms with E-state index in [9.17, 15) is 0 Å². The van der Waals surface area contributed by atoms with Crippen LogP contribution >= 0.6 is 11.3 Å². The summed E-state index contributed by atoms with van der Waals surface area (Å²) in [7, 11) is 0. The molecule has 1 aliphatic rings. The van der Waals surface area contributed by atoms with Crippen LogP contribution in [0.2, 0.25) is 0 Å². The summed E-state index contributed by atoms with van der Waals surface area (Å²) in [6, 6.07) is 10.8. The lowest BCUT2D eigenvalue weighted by Gasteiger charge is -2.19. The van der Waals surface area contributed by atoms with Crippen LogP contribution in [0, 0.1) is 0 Å². The Kier molecular flexibility index (Phi) is 4.68. The monoisotopic (exact) mass is 442 g/mol. The highest BCUT2D eigenvalue weighted by Crippen LogP contribution is 2.43. The van der Waals surface area contributed by atoms with E-state index in [0.29, 0.717) is 5.92 Å². The average Bonchev–Trinajstić information content (AvgIpc) is 3.56. The Hall–Kier alpha value is -3.59. The van der Waals surface area contributed by atoms with E-state index in [2.05, 4.69) is 77.6 Å². The molecule has 0 bridgehead atoms. The molecule has 4 aromatic heterocycles. The van der Waals surface area contributed by atoms with E-state index in [1.807, 2.05) is 0 Å². The number of aromatic amines is 1. The molecule has 8 nitrogen and oxygen atoms in total. The summed E-state index contributed by atoms with van der Waals surface area (Å²) in [5.74, 6) is 2.21. The van der Waals surface area contributed by atoms with Crippen LogP contribution in [-0.2, 0) is 6.42 Å². The summed E-state index contributed by atoms with van der Waals surface area (Å²) >= 11 is 1.74. The van der Waals surface area contributed by atoms with E-state index < -0.39 is 0 Å². The van der Waals surface area contributed by atoms with Crippen LogP contribution in [0.5, 0.6) is 0 Å². The number of aryl methyl sites for hydroxylation is 1. The van der Waals surface area contributed by atoms with Crippen molar-refractivity contribution in [3.63, 3.8) is 0 Å². The Labute approximate surface area is 188 Å². The van der Waals surface area contributed by atoms with Crippen LogP contribution in [0.3, 0.4) is 0 Å². The minimum Gasteiger partial charge on any atom is -0.369 e. The Morgan fingerprint density at radius 1 is 1.12 bits per heavy atom. The molecule has 0 amide bonds. The van der Waals surface area contributed by atoms with E-state index >= 15 is 0 Å². The normalized spacial score (nSPS) is 15.5. The molecule has 0 fully saturated rings. The van der Waals surface area contributed by atoms with Gasteiger partial charge in [0.1, 0.15) is 29.1 Å². The molecule has 2 N–H and O–H groups in total. The van der Waals surface area contributed by atoms with Crippen molar-refractivity contribution >= 4 is 49.9 Å². The minimum atomic E-state index is 0.390. The summed E-state index contributed by atoms with van der Waals surface area (Å²) in [6.45, 7) is 3.88. The van der Waals surface area contributed by atoms with E-state index in [0.717, 1.165) is 58.8 Å². The third-order valence-electron chi connectivity index (χ3n) is 6.07. The number of benzene rings is 1. The van der Waals surface area contributed by atoms with Crippen molar-refractivity contribution in [2.45, 2.75) is 25.7 Å². The van der Waals surface area contributed by atoms with Gasteiger partial charge in [-0.05, 0) is 30.5 Å². The van der Waals surface area contributed by atoms with Gasteiger partial charge in [-0.25, -0.2) is 19.9 Å². The molecule has 0 saturated heterocycles. The molecule has 0 aliphatic carbocycles. The second-order valence-corrected chi connectivity index (χ2v) is 9.03. The quantitative estimate of drug-likeness (QED) is 0.395. The van der Waals surface area contributed by atoms with Gasteiger partial charge in [0, 0.05) is 29.6 Å². The van der Waals surface area contributed by atoms with Crippen molar-refractivity contribution in [2.75, 3.05) is 23.3 Å². The zero-order valence-corrected chi connectivity index (χ0v) is 18.4. The van der Waals surface area contributed by atoms with Crippen LogP contribution in [0.1, 0.15) is 29.7 Å². The van der Waals surface area contributed by atoms with Gasteiger partial charge in [-0.2, -0.15) is 5.10 Å². The average molecular weight is 443 g/mol. The second-order valence-electron chi connectivity index (χ2n) is 7.92. The number of nitrogens with one attached hydrogen (secondary N) is 2. The zero-order valence-electron chi connectivity index (χ0n) is 17.6. The number of hydrogen-bond donors (Lipinski definition) is 2. The predicted molar refractivity (Wildman–Crippen MR) is 128 cm³/mol. The highest BCUT2D eigenvalue weighted by atomic mass is 32.1. The van der Waals surface area contributed by atoms with Crippen molar-refractivity contribution in [2.24, 2.45) is 0 Å². The maximum absolute atomic E-state index is 4.59. The van der Waals surface area contributed by atoms with Crippen LogP contribution < -0.4 is 10.2 Å². The first kappa shape index (κ1) is 19.1. The number of fused-ring (bicyclic) bond motifs is 3. The van der Waals surface area contributed by atoms with Gasteiger partial charge in [-0.3, -0.25) is 5.10 Å². The molecule has 0 spiro atoms. The van der Waals surface area contributed by atoms with Crippen molar-refractivity contribution in [1.82, 2.24) is 30.1 Å². The van der Waals surface area contributed by atoms with Gasteiger partial charge in [-0.1, -0.05) is 25.1 Å². The van der Waals surface area contributed by atoms with Crippen LogP contribution in [0.15, 0.2) is 49.2 Å². The first-order valence-corrected chi connectivity index (χ1v) is 11.6. The van der Waals surface area contributed by atoms with E-state index in [-0.39, 0.29) is 0 Å². The lowest BCUT2D eigenvalue weighted by molar-refractivity contribution is 0.680. The number of hydrogen-bond acceptors (Lipinski definition) is 8. The number of thiophene rings is 1. The predicted octanol–water partition coefficient (Wildman–Crippen LogP) is 4.66. The van der Waals surface area contributed by atoms with Crippen molar-refractivity contribution in [1.29, 1.82) is 0 Å². The molecule has 5 heterocycles. The highest BCUT2D eigenvalue weighted by Gasteiger charge is 2.30. The van der Waals surface area contributed by atoms with Gasteiger partial charge in [0.05, 0.1) is 17.0 Å². The Bertz CT molecular complexity index is 1410. The largest absolute Gasteiger partial charge is 0.369 e. The molecule has 0 saturated carbocycles. The summed E-state index contributed by atoms with van der Waals surface area (Å²) in [6.07, 6.45) is 7.05. The third kappa shape index (κ3) is 3.16. The molecule has 9 heteroatoms. The number of rotatable bonds is 6. The maximum Gasteiger partial charge on any atom is 0.160 e. The van der Waals surface area contributed by atoms with Crippen molar-refractivity contribution in [3.8, 4) is 0 Å². The number of anilines is 3. The molecule has 160 valence electrons. The molecule has 1 atom stereocenters. The summed E-state index contributed by atoms with van der Waals surface area (Å²) in [4.78, 5) is 22.5. The minimum absolute atomic E-state index is 0.390. The first-order chi connectivity index (χ1) is 15.8. The Morgan fingerprint density at radius 3 is 2.97 bits per heavy atom. The SMILES string of the molecule is CCc1cc2c(NCCC3CN(c4ncnc5[nH]ncc45)c4ccccc43)ncnc2s1. The molecule has 1 aromatic carbocycles. The van der Waals surface area contributed by atoms with Crippen LogP contribution in [-0.4, -0.2) is 43.2 Å². The number of H-pyrrole nitrogens is 1. The number of para-hydroxylation sites is 1. The topological polar surface area (TPSA) is 95.5 Å². The Balaban J connectivity index is 1.24. The molecule has 1 unspecified atom stereocenters. The van der Waals surface area contributed by atoms with Crippen molar-refractivity contribution in [3.05, 3.63) is 59.6 Å². The first-order valence-electron chi connectivity index (χ1n) is 10.8. The maximum atomic E-state index is 4.59. The van der Waals surface area contributed by atoms with Gasteiger partial charge in [0.15, 0.2) is 5.65 Å². The lowest BCUT2D eigenvalue weighted by atomic mass is 9.98. The molecule has 5 aromatic rings. The standard InChI is InChI=1S/C23H22N8S/c1-2-15-9-17-20(25-13-28-23(17)32-15)24-8-7-14-11-31(19-6-4-3-5-16(14)19)22-18-10-29-30-21(18)26-12-27-22/h3-6,9-10,12-14H,2,7-8,11H2,1H3,(H,24,25,28)(H,26,27,29,30). The van der Waals surface area contributed by atoms with Gasteiger partial charge in [0.25, 0.3) is 0 Å². The molecular formula is C23H22N8S. The fourth-order valence-electron chi connectivity index (χ4n) is 4.50. The summed E-state index contributed by atoms with van der Waals surface area (Å²) in [5, 5.41) is 12.7. The van der Waals surface area contributed by atoms with Gasteiger partial charge in [0.2, 0.25) is 0 Å². The third-order valence-corrected chi connectivity index (χ3v) is 7.25. The molecule has 6 rings (SSSR count). The zero-order chi connectivity index (χ0) is 21.5. The van der Waals surface area contributed by atoms with Crippen LogP contribution in [0.25, 0.3) is 21.3 Å².